The van der Waals surface area contributed by atoms with Crippen molar-refractivity contribution in [2.75, 3.05) is 25.1 Å². The topological polar surface area (TPSA) is 97.7 Å². The second-order valence-corrected chi connectivity index (χ2v) is 5.03. The summed E-state index contributed by atoms with van der Waals surface area (Å²) < 4.78 is 15.5. The van der Waals surface area contributed by atoms with E-state index in [1.807, 2.05) is 13.0 Å². The Morgan fingerprint density at radius 3 is 2.42 bits per heavy atom. The molecule has 134 valence electrons. The minimum absolute atomic E-state index is 0.280. The molecule has 2 aromatic rings. The molecule has 0 aliphatic heterocycles. The molecule has 0 aliphatic carbocycles. The number of benzene rings is 2. The number of esters is 1. The van der Waals surface area contributed by atoms with Gasteiger partial charge >= 0.3 is 5.97 Å². The number of hydrogen-bond acceptors (Lipinski definition) is 6. The third kappa shape index (κ3) is 5.53. The van der Waals surface area contributed by atoms with Gasteiger partial charge in [0.1, 0.15) is 17.6 Å². The first-order valence-electron chi connectivity index (χ1n) is 7.93. The molecule has 0 heterocycles. The number of hydrogen-bond donors (Lipinski definition) is 1. The molecule has 1 amide bonds. The molecule has 2 aromatic carbocycles. The predicted octanol–water partition coefficient (Wildman–Crippen LogP) is 2.52. The molecule has 0 saturated heterocycles. The summed E-state index contributed by atoms with van der Waals surface area (Å²) in [6, 6.07) is 15.4. The average molecular weight is 354 g/mol. The maximum absolute atomic E-state index is 11.9. The van der Waals surface area contributed by atoms with Crippen molar-refractivity contribution in [2.24, 2.45) is 0 Å². The summed E-state index contributed by atoms with van der Waals surface area (Å²) in [7, 11) is 0. The van der Waals surface area contributed by atoms with Crippen LogP contribution in [0.1, 0.15) is 12.5 Å². The molecule has 0 fully saturated rings. The van der Waals surface area contributed by atoms with Gasteiger partial charge in [-0.15, -0.1) is 0 Å². The number of amides is 1. The summed E-state index contributed by atoms with van der Waals surface area (Å²) in [5, 5.41) is 11.6. The minimum atomic E-state index is -0.717. The van der Waals surface area contributed by atoms with Gasteiger partial charge in [0, 0.05) is 0 Å². The van der Waals surface area contributed by atoms with Crippen LogP contribution in [0.4, 0.5) is 5.69 Å². The Morgan fingerprint density at radius 2 is 1.69 bits per heavy atom. The fourth-order valence-corrected chi connectivity index (χ4v) is 2.05. The van der Waals surface area contributed by atoms with Crippen LogP contribution in [0.3, 0.4) is 0 Å². The van der Waals surface area contributed by atoms with Crippen LogP contribution in [-0.2, 0) is 14.3 Å². The van der Waals surface area contributed by atoms with Crippen LogP contribution in [0, 0.1) is 11.3 Å². The third-order valence-electron chi connectivity index (χ3n) is 3.18. The molecule has 0 radical (unpaired) electrons. The van der Waals surface area contributed by atoms with Crippen molar-refractivity contribution in [3.8, 4) is 17.6 Å². The number of para-hydroxylation sites is 3. The Morgan fingerprint density at radius 1 is 1.00 bits per heavy atom. The lowest BCUT2D eigenvalue weighted by molar-refractivity contribution is -0.149. The van der Waals surface area contributed by atoms with Crippen molar-refractivity contribution in [1.82, 2.24) is 0 Å². The average Bonchev–Trinajstić information content (AvgIpc) is 2.66. The van der Waals surface area contributed by atoms with Crippen molar-refractivity contribution in [1.29, 1.82) is 5.26 Å². The zero-order valence-corrected chi connectivity index (χ0v) is 14.2. The molecule has 0 aromatic heterocycles. The van der Waals surface area contributed by atoms with Crippen LogP contribution in [0.2, 0.25) is 0 Å². The van der Waals surface area contributed by atoms with Crippen LogP contribution < -0.4 is 14.8 Å². The van der Waals surface area contributed by atoms with Gasteiger partial charge in [-0.2, -0.15) is 5.26 Å². The Kier molecular flexibility index (Phi) is 7.01. The van der Waals surface area contributed by atoms with Gasteiger partial charge in [-0.3, -0.25) is 4.79 Å². The van der Waals surface area contributed by atoms with Crippen molar-refractivity contribution < 1.29 is 23.8 Å². The number of ether oxygens (including phenoxy) is 3. The number of carbonyl (C=O) groups excluding carboxylic acids is 2. The molecule has 7 nitrogen and oxygen atoms in total. The highest BCUT2D eigenvalue weighted by Gasteiger charge is 2.12. The van der Waals surface area contributed by atoms with Crippen LogP contribution >= 0.6 is 0 Å². The molecule has 0 bridgehead atoms. The van der Waals surface area contributed by atoms with Gasteiger partial charge in [-0.05, 0) is 31.2 Å². The van der Waals surface area contributed by atoms with Crippen LogP contribution in [-0.4, -0.2) is 31.7 Å². The first-order valence-corrected chi connectivity index (χ1v) is 7.93. The van der Waals surface area contributed by atoms with Gasteiger partial charge in [0.25, 0.3) is 5.91 Å². The summed E-state index contributed by atoms with van der Waals surface area (Å²) in [4.78, 5) is 23.6. The molecule has 26 heavy (non-hydrogen) atoms. The van der Waals surface area contributed by atoms with Gasteiger partial charge < -0.3 is 19.5 Å². The number of anilines is 1. The molecule has 0 spiro atoms. The summed E-state index contributed by atoms with van der Waals surface area (Å²) in [5.74, 6) is -0.401. The largest absolute Gasteiger partial charge is 0.492 e. The van der Waals surface area contributed by atoms with Gasteiger partial charge in [-0.1, -0.05) is 24.3 Å². The summed E-state index contributed by atoms with van der Waals surface area (Å²) >= 11 is 0. The highest BCUT2D eigenvalue weighted by atomic mass is 16.6. The van der Waals surface area contributed by atoms with Crippen molar-refractivity contribution in [3.05, 3.63) is 54.1 Å². The first kappa shape index (κ1) is 18.8. The zero-order chi connectivity index (χ0) is 18.8. The zero-order valence-electron chi connectivity index (χ0n) is 14.2. The number of nitrogens with zero attached hydrogens (tertiary/aromatic N) is 1. The maximum Gasteiger partial charge on any atom is 0.344 e. The Balaban J connectivity index is 1.80. The van der Waals surface area contributed by atoms with E-state index in [0.717, 1.165) is 0 Å². The molecule has 0 aliphatic rings. The molecule has 0 atom stereocenters. The lowest BCUT2D eigenvalue weighted by atomic mass is 10.2. The van der Waals surface area contributed by atoms with Gasteiger partial charge in [0.05, 0.1) is 17.9 Å². The number of carbonyl (C=O) groups is 2. The summed E-state index contributed by atoms with van der Waals surface area (Å²) in [6.45, 7) is 1.44. The monoisotopic (exact) mass is 354 g/mol. The lowest BCUT2D eigenvalue weighted by Crippen LogP contribution is -2.24. The van der Waals surface area contributed by atoms with E-state index in [9.17, 15) is 9.59 Å². The van der Waals surface area contributed by atoms with Gasteiger partial charge in [0.2, 0.25) is 0 Å². The van der Waals surface area contributed by atoms with Gasteiger partial charge in [-0.25, -0.2) is 4.79 Å². The van der Waals surface area contributed by atoms with E-state index < -0.39 is 25.1 Å². The van der Waals surface area contributed by atoms with Crippen LogP contribution in [0.5, 0.6) is 11.5 Å². The van der Waals surface area contributed by atoms with Crippen molar-refractivity contribution in [3.63, 3.8) is 0 Å². The molecule has 7 heteroatoms. The Bertz CT molecular complexity index is 814. The Hall–Kier alpha value is -3.53. The number of rotatable bonds is 8. The molecule has 0 unspecified atom stereocenters. The van der Waals surface area contributed by atoms with E-state index in [1.54, 1.807) is 48.5 Å². The predicted molar refractivity (Wildman–Crippen MR) is 93.9 cm³/mol. The van der Waals surface area contributed by atoms with Crippen LogP contribution in [0.15, 0.2) is 48.5 Å². The minimum Gasteiger partial charge on any atom is -0.492 e. The van der Waals surface area contributed by atoms with Crippen LogP contribution in [0.25, 0.3) is 0 Å². The van der Waals surface area contributed by atoms with E-state index in [1.165, 1.54) is 0 Å². The second kappa shape index (κ2) is 9.69. The van der Waals surface area contributed by atoms with E-state index in [4.69, 9.17) is 19.5 Å². The van der Waals surface area contributed by atoms with E-state index >= 15 is 0 Å². The van der Waals surface area contributed by atoms with Crippen molar-refractivity contribution >= 4 is 17.6 Å². The standard InChI is InChI=1S/C19H18N2O5/c1-2-24-17-10-6-4-8-15(17)21-18(22)12-26-19(23)13-25-16-9-5-3-7-14(16)11-20/h3-10H,2,12-13H2,1H3,(H,21,22). The fraction of sp³-hybridized carbons (Fsp3) is 0.211. The maximum atomic E-state index is 11.9. The van der Waals surface area contributed by atoms with E-state index in [0.29, 0.717) is 23.6 Å². The smallest absolute Gasteiger partial charge is 0.344 e. The summed E-state index contributed by atoms with van der Waals surface area (Å²) in [5.41, 5.74) is 0.806. The normalized spacial score (nSPS) is 9.69. The lowest BCUT2D eigenvalue weighted by Gasteiger charge is -2.11. The fourth-order valence-electron chi connectivity index (χ4n) is 2.05. The number of nitrogens with one attached hydrogen (secondary N) is 1. The number of nitriles is 1. The van der Waals surface area contributed by atoms with E-state index in [-0.39, 0.29) is 5.75 Å². The Labute approximate surface area is 151 Å². The van der Waals surface area contributed by atoms with Gasteiger partial charge in [0.15, 0.2) is 13.2 Å². The second-order valence-electron chi connectivity index (χ2n) is 5.03. The first-order chi connectivity index (χ1) is 12.6. The quantitative estimate of drug-likeness (QED) is 0.732. The third-order valence-corrected chi connectivity index (χ3v) is 3.18. The molecular weight excluding hydrogens is 336 g/mol. The van der Waals surface area contributed by atoms with Crippen molar-refractivity contribution in [2.45, 2.75) is 6.92 Å². The SMILES string of the molecule is CCOc1ccccc1NC(=O)COC(=O)COc1ccccc1C#N. The molecule has 0 saturated carbocycles. The molecular formula is C19H18N2O5. The highest BCUT2D eigenvalue weighted by molar-refractivity contribution is 5.94. The summed E-state index contributed by atoms with van der Waals surface area (Å²) in [6.07, 6.45) is 0. The molecule has 2 rings (SSSR count). The molecule has 1 N–H and O–H groups in total. The highest BCUT2D eigenvalue weighted by Crippen LogP contribution is 2.23. The van der Waals surface area contributed by atoms with E-state index in [2.05, 4.69) is 5.32 Å².